The Morgan fingerprint density at radius 3 is 2.76 bits per heavy atom. The first-order chi connectivity index (χ1) is 12.2. The molecule has 0 spiro atoms. The van der Waals surface area contributed by atoms with E-state index in [1.54, 1.807) is 17.5 Å². The molecule has 0 saturated carbocycles. The van der Waals surface area contributed by atoms with Gasteiger partial charge in [0.1, 0.15) is 0 Å². The molecule has 1 N–H and O–H groups in total. The number of thiophene rings is 1. The zero-order valence-electron chi connectivity index (χ0n) is 13.9. The molecule has 2 amide bonds. The SMILES string of the molecule is Cc1cc(-c2ncccc2NC(=O)N2CC3C4C=CC(O4)C3C2)cs1. The number of hydrogen-bond acceptors (Lipinski definition) is 4. The summed E-state index contributed by atoms with van der Waals surface area (Å²) in [6.45, 7) is 3.59. The molecule has 2 bridgehead atoms. The van der Waals surface area contributed by atoms with Gasteiger partial charge in [-0.25, -0.2) is 4.79 Å². The van der Waals surface area contributed by atoms with Gasteiger partial charge in [-0.3, -0.25) is 4.98 Å². The summed E-state index contributed by atoms with van der Waals surface area (Å²) in [7, 11) is 0. The van der Waals surface area contributed by atoms with Crippen molar-refractivity contribution >= 4 is 23.1 Å². The minimum Gasteiger partial charge on any atom is -0.366 e. The monoisotopic (exact) mass is 353 g/mol. The maximum absolute atomic E-state index is 12.8. The van der Waals surface area contributed by atoms with Gasteiger partial charge in [-0.1, -0.05) is 12.2 Å². The van der Waals surface area contributed by atoms with Gasteiger partial charge in [-0.15, -0.1) is 11.3 Å². The summed E-state index contributed by atoms with van der Waals surface area (Å²) < 4.78 is 5.89. The van der Waals surface area contributed by atoms with Crippen LogP contribution in [0.4, 0.5) is 10.5 Å². The molecule has 128 valence electrons. The van der Waals surface area contributed by atoms with Gasteiger partial charge in [0.25, 0.3) is 0 Å². The summed E-state index contributed by atoms with van der Waals surface area (Å²) in [6.07, 6.45) is 6.43. The highest BCUT2D eigenvalue weighted by molar-refractivity contribution is 7.10. The maximum atomic E-state index is 12.8. The van der Waals surface area contributed by atoms with Crippen LogP contribution in [0, 0.1) is 18.8 Å². The number of nitrogens with one attached hydrogen (secondary N) is 1. The highest BCUT2D eigenvalue weighted by Crippen LogP contribution is 2.43. The van der Waals surface area contributed by atoms with Crippen LogP contribution in [0.3, 0.4) is 0 Å². The first-order valence-electron chi connectivity index (χ1n) is 8.59. The largest absolute Gasteiger partial charge is 0.366 e. The smallest absolute Gasteiger partial charge is 0.321 e. The van der Waals surface area contributed by atoms with Crippen LogP contribution in [0.25, 0.3) is 11.3 Å². The molecule has 0 radical (unpaired) electrons. The molecular formula is C19H19N3O2S. The minimum absolute atomic E-state index is 0.0463. The van der Waals surface area contributed by atoms with Crippen molar-refractivity contribution < 1.29 is 9.53 Å². The normalized spacial score (nSPS) is 29.2. The Labute approximate surface area is 150 Å². The molecule has 6 heteroatoms. The molecule has 5 rings (SSSR count). The number of aryl methyl sites for hydroxylation is 1. The lowest BCUT2D eigenvalue weighted by molar-refractivity contribution is 0.0892. The summed E-state index contributed by atoms with van der Waals surface area (Å²) in [5, 5.41) is 5.15. The number of nitrogens with zero attached hydrogens (tertiary/aromatic N) is 2. The third-order valence-electron chi connectivity index (χ3n) is 5.40. The van der Waals surface area contributed by atoms with Crippen molar-refractivity contribution in [1.29, 1.82) is 0 Å². The molecule has 5 nitrogen and oxygen atoms in total. The number of pyridine rings is 1. The van der Waals surface area contributed by atoms with Crippen molar-refractivity contribution in [2.75, 3.05) is 18.4 Å². The van der Waals surface area contributed by atoms with Crippen LogP contribution in [0.15, 0.2) is 41.9 Å². The van der Waals surface area contributed by atoms with Crippen molar-refractivity contribution in [2.24, 2.45) is 11.8 Å². The zero-order valence-corrected chi connectivity index (χ0v) is 14.7. The Balaban J connectivity index is 1.34. The average Bonchev–Trinajstić information content (AvgIpc) is 3.37. The van der Waals surface area contributed by atoms with Gasteiger partial charge in [-0.2, -0.15) is 0 Å². The van der Waals surface area contributed by atoms with E-state index < -0.39 is 0 Å². The minimum atomic E-state index is -0.0463. The van der Waals surface area contributed by atoms with Crippen LogP contribution in [-0.2, 0) is 4.74 Å². The van der Waals surface area contributed by atoms with Gasteiger partial charge in [-0.05, 0) is 25.1 Å². The molecule has 3 aliphatic rings. The number of hydrogen-bond donors (Lipinski definition) is 1. The van der Waals surface area contributed by atoms with E-state index in [4.69, 9.17) is 4.74 Å². The second-order valence-corrected chi connectivity index (χ2v) is 8.07. The van der Waals surface area contributed by atoms with Crippen molar-refractivity contribution in [3.8, 4) is 11.3 Å². The number of anilines is 1. The van der Waals surface area contributed by atoms with Gasteiger partial charge in [0.05, 0.1) is 23.6 Å². The van der Waals surface area contributed by atoms with E-state index in [1.807, 2.05) is 17.0 Å². The van der Waals surface area contributed by atoms with Crippen LogP contribution >= 0.6 is 11.3 Å². The predicted octanol–water partition coefficient (Wildman–Crippen LogP) is 3.54. The van der Waals surface area contributed by atoms with Gasteiger partial charge >= 0.3 is 6.03 Å². The molecule has 0 aromatic carbocycles. The number of likely N-dealkylation sites (tertiary alicyclic amines) is 1. The van der Waals surface area contributed by atoms with E-state index in [1.165, 1.54) is 4.88 Å². The van der Waals surface area contributed by atoms with E-state index >= 15 is 0 Å². The highest BCUT2D eigenvalue weighted by Gasteiger charge is 2.51. The number of carbonyl (C=O) groups is 1. The Morgan fingerprint density at radius 1 is 1.32 bits per heavy atom. The van der Waals surface area contributed by atoms with Crippen molar-refractivity contribution in [1.82, 2.24) is 9.88 Å². The topological polar surface area (TPSA) is 54.5 Å². The van der Waals surface area contributed by atoms with Gasteiger partial charge in [0.2, 0.25) is 0 Å². The van der Waals surface area contributed by atoms with Gasteiger partial charge < -0.3 is 15.0 Å². The first kappa shape index (κ1) is 15.1. The second kappa shape index (κ2) is 5.68. The second-order valence-electron chi connectivity index (χ2n) is 6.96. The fourth-order valence-electron chi connectivity index (χ4n) is 4.19. The van der Waals surface area contributed by atoms with Crippen LogP contribution in [0.2, 0.25) is 0 Å². The Morgan fingerprint density at radius 2 is 2.08 bits per heavy atom. The van der Waals surface area contributed by atoms with Crippen molar-refractivity contribution in [2.45, 2.75) is 19.1 Å². The fraction of sp³-hybridized carbons (Fsp3) is 0.368. The molecule has 4 atom stereocenters. The lowest BCUT2D eigenvalue weighted by Gasteiger charge is -2.20. The van der Waals surface area contributed by atoms with Crippen LogP contribution in [0.5, 0.6) is 0 Å². The third-order valence-corrected chi connectivity index (χ3v) is 6.26. The van der Waals surface area contributed by atoms with Crippen molar-refractivity contribution in [3.05, 3.63) is 46.8 Å². The molecule has 4 unspecified atom stereocenters. The van der Waals surface area contributed by atoms with E-state index in [0.717, 1.165) is 30.0 Å². The number of aromatic nitrogens is 1. The van der Waals surface area contributed by atoms with E-state index in [9.17, 15) is 4.79 Å². The third kappa shape index (κ3) is 2.48. The Bertz CT molecular complexity index is 842. The fourth-order valence-corrected chi connectivity index (χ4v) is 4.88. The molecule has 0 aliphatic carbocycles. The molecule has 2 fully saturated rings. The number of amides is 2. The van der Waals surface area contributed by atoms with Gasteiger partial charge in [0.15, 0.2) is 0 Å². The number of ether oxygens (including phenoxy) is 1. The lowest BCUT2D eigenvalue weighted by atomic mass is 9.86. The summed E-state index contributed by atoms with van der Waals surface area (Å²) in [5.74, 6) is 0.877. The number of rotatable bonds is 2. The Kier molecular flexibility index (Phi) is 3.43. The zero-order chi connectivity index (χ0) is 17.0. The first-order valence-corrected chi connectivity index (χ1v) is 9.47. The summed E-state index contributed by atoms with van der Waals surface area (Å²) in [6, 6.07) is 5.83. The Hall–Kier alpha value is -2.18. The number of fused-ring (bicyclic) bond motifs is 5. The number of urea groups is 1. The lowest BCUT2D eigenvalue weighted by Crippen LogP contribution is -2.35. The van der Waals surface area contributed by atoms with E-state index in [2.05, 4.69) is 40.8 Å². The summed E-state index contributed by atoms with van der Waals surface area (Å²) in [5.41, 5.74) is 2.64. The van der Waals surface area contributed by atoms with Crippen molar-refractivity contribution in [3.63, 3.8) is 0 Å². The average molecular weight is 353 g/mol. The van der Waals surface area contributed by atoms with Crippen LogP contribution < -0.4 is 5.32 Å². The summed E-state index contributed by atoms with van der Waals surface area (Å²) in [4.78, 5) is 20.4. The standard InChI is InChI=1S/C19H19N3O2S/c1-11-7-12(10-25-11)18-15(3-2-6-20-18)21-19(23)22-8-13-14(9-22)17-5-4-16(13)24-17/h2-7,10,13-14,16-17H,8-9H2,1H3,(H,21,23). The molecule has 2 saturated heterocycles. The van der Waals surface area contributed by atoms with E-state index in [0.29, 0.717) is 11.8 Å². The highest BCUT2D eigenvalue weighted by atomic mass is 32.1. The molecule has 3 aliphatic heterocycles. The molecular weight excluding hydrogens is 334 g/mol. The number of carbonyl (C=O) groups excluding carboxylic acids is 1. The van der Waals surface area contributed by atoms with Crippen LogP contribution in [-0.4, -0.2) is 41.2 Å². The quantitative estimate of drug-likeness (QED) is 0.840. The predicted molar refractivity (Wildman–Crippen MR) is 97.7 cm³/mol. The maximum Gasteiger partial charge on any atom is 0.321 e. The summed E-state index contributed by atoms with van der Waals surface area (Å²) >= 11 is 1.69. The molecule has 5 heterocycles. The van der Waals surface area contributed by atoms with E-state index in [-0.39, 0.29) is 18.2 Å². The molecule has 2 aromatic heterocycles. The van der Waals surface area contributed by atoms with Crippen LogP contribution in [0.1, 0.15) is 4.88 Å². The van der Waals surface area contributed by atoms with Gasteiger partial charge in [0, 0.05) is 46.9 Å². The molecule has 25 heavy (non-hydrogen) atoms. The molecule has 2 aromatic rings.